The Labute approximate surface area is 100 Å². The van der Waals surface area contributed by atoms with E-state index < -0.39 is 5.97 Å². The molecule has 0 aliphatic carbocycles. The number of ether oxygens (including phenoxy) is 2. The zero-order valence-electron chi connectivity index (χ0n) is 9.76. The molecule has 4 heteroatoms. The number of aliphatic carboxylic acids is 1. The molecule has 92 valence electrons. The minimum Gasteiger partial charge on any atom is -0.497 e. The second-order valence-electron chi connectivity index (χ2n) is 4.29. The first-order valence-electron chi connectivity index (χ1n) is 5.66. The number of hydrogen-bond donors (Lipinski definition) is 1. The Morgan fingerprint density at radius 3 is 2.76 bits per heavy atom. The van der Waals surface area contributed by atoms with Crippen LogP contribution >= 0.6 is 0 Å². The Kier molecular flexibility index (Phi) is 3.64. The number of carbonyl (C=O) groups is 1. The third-order valence-corrected chi connectivity index (χ3v) is 3.03. The number of methoxy groups -OCH3 is 1. The summed E-state index contributed by atoms with van der Waals surface area (Å²) in [6.07, 6.45) is 0.982. The number of benzene rings is 1. The van der Waals surface area contributed by atoms with Gasteiger partial charge in [-0.25, -0.2) is 0 Å². The highest BCUT2D eigenvalue weighted by molar-refractivity contribution is 5.67. The van der Waals surface area contributed by atoms with Gasteiger partial charge in [-0.05, 0) is 30.0 Å². The van der Waals surface area contributed by atoms with Crippen molar-refractivity contribution in [3.05, 3.63) is 29.8 Å². The summed E-state index contributed by atoms with van der Waals surface area (Å²) in [4.78, 5) is 10.6. The van der Waals surface area contributed by atoms with Gasteiger partial charge in [-0.1, -0.05) is 12.1 Å². The van der Waals surface area contributed by atoms with Gasteiger partial charge in [-0.3, -0.25) is 4.79 Å². The molecule has 2 rings (SSSR count). The van der Waals surface area contributed by atoms with Crippen LogP contribution in [0.2, 0.25) is 0 Å². The van der Waals surface area contributed by atoms with Crippen LogP contribution in [0, 0.1) is 5.92 Å². The van der Waals surface area contributed by atoms with Gasteiger partial charge in [0.1, 0.15) is 5.75 Å². The van der Waals surface area contributed by atoms with Gasteiger partial charge in [-0.2, -0.15) is 0 Å². The summed E-state index contributed by atoms with van der Waals surface area (Å²) >= 11 is 0. The smallest absolute Gasteiger partial charge is 0.303 e. The van der Waals surface area contributed by atoms with Crippen LogP contribution in [-0.2, 0) is 9.53 Å². The fourth-order valence-corrected chi connectivity index (χ4v) is 2.13. The molecule has 0 bridgehead atoms. The van der Waals surface area contributed by atoms with Crippen molar-refractivity contribution in [2.75, 3.05) is 13.7 Å². The number of carboxylic acids is 1. The first-order chi connectivity index (χ1) is 8.19. The van der Waals surface area contributed by atoms with Crippen LogP contribution < -0.4 is 4.74 Å². The molecule has 2 unspecified atom stereocenters. The molecule has 1 fully saturated rings. The maximum Gasteiger partial charge on any atom is 0.303 e. The number of rotatable bonds is 4. The molecule has 0 radical (unpaired) electrons. The van der Waals surface area contributed by atoms with Gasteiger partial charge in [0.15, 0.2) is 0 Å². The maximum atomic E-state index is 10.6. The van der Waals surface area contributed by atoms with Crippen molar-refractivity contribution in [2.45, 2.75) is 18.9 Å². The molecule has 1 N–H and O–H groups in total. The average molecular weight is 236 g/mol. The minimum atomic E-state index is -0.756. The standard InChI is InChI=1S/C13H16O4/c1-16-11-4-2-10(3-5-11)12-6-9(8-17-12)7-13(14)15/h2-5,9,12H,6-8H2,1H3,(H,14,15). The van der Waals surface area contributed by atoms with E-state index in [0.29, 0.717) is 6.61 Å². The normalized spacial score (nSPS) is 23.6. The molecular formula is C13H16O4. The Bertz CT molecular complexity index is 385. The van der Waals surface area contributed by atoms with E-state index in [1.807, 2.05) is 24.3 Å². The van der Waals surface area contributed by atoms with Crippen LogP contribution in [0.3, 0.4) is 0 Å². The van der Waals surface area contributed by atoms with Gasteiger partial charge in [-0.15, -0.1) is 0 Å². The fourth-order valence-electron chi connectivity index (χ4n) is 2.13. The van der Waals surface area contributed by atoms with Crippen LogP contribution in [0.25, 0.3) is 0 Å². The van der Waals surface area contributed by atoms with Crippen molar-refractivity contribution in [3.63, 3.8) is 0 Å². The summed E-state index contributed by atoms with van der Waals surface area (Å²) in [7, 11) is 1.63. The Hall–Kier alpha value is -1.55. The zero-order valence-corrected chi connectivity index (χ0v) is 9.76. The second-order valence-corrected chi connectivity index (χ2v) is 4.29. The highest BCUT2D eigenvalue weighted by Gasteiger charge is 2.28. The lowest BCUT2D eigenvalue weighted by molar-refractivity contribution is -0.138. The molecule has 4 nitrogen and oxygen atoms in total. The molecule has 0 saturated carbocycles. The summed E-state index contributed by atoms with van der Waals surface area (Å²) in [6, 6.07) is 7.71. The average Bonchev–Trinajstić information content (AvgIpc) is 2.77. The summed E-state index contributed by atoms with van der Waals surface area (Å²) < 4.78 is 10.7. The van der Waals surface area contributed by atoms with Crippen LogP contribution in [0.4, 0.5) is 0 Å². The molecule has 17 heavy (non-hydrogen) atoms. The van der Waals surface area contributed by atoms with Gasteiger partial charge in [0, 0.05) is 0 Å². The van der Waals surface area contributed by atoms with E-state index >= 15 is 0 Å². The van der Waals surface area contributed by atoms with Gasteiger partial charge in [0.25, 0.3) is 0 Å². The molecule has 1 heterocycles. The highest BCUT2D eigenvalue weighted by Crippen LogP contribution is 2.34. The molecule has 1 aromatic carbocycles. The third-order valence-electron chi connectivity index (χ3n) is 3.03. The van der Waals surface area contributed by atoms with E-state index in [1.165, 1.54) is 0 Å². The molecule has 1 aliphatic heterocycles. The molecule has 1 aliphatic rings. The SMILES string of the molecule is COc1ccc(C2CC(CC(=O)O)CO2)cc1. The molecule has 1 aromatic rings. The molecular weight excluding hydrogens is 220 g/mol. The van der Waals surface area contributed by atoms with E-state index in [4.69, 9.17) is 14.6 Å². The van der Waals surface area contributed by atoms with Gasteiger partial charge < -0.3 is 14.6 Å². The van der Waals surface area contributed by atoms with Crippen molar-refractivity contribution in [1.29, 1.82) is 0 Å². The van der Waals surface area contributed by atoms with Crippen molar-refractivity contribution in [2.24, 2.45) is 5.92 Å². The van der Waals surface area contributed by atoms with Crippen LogP contribution in [0.15, 0.2) is 24.3 Å². The molecule has 0 spiro atoms. The molecule has 0 aromatic heterocycles. The summed E-state index contributed by atoms with van der Waals surface area (Å²) in [6.45, 7) is 0.531. The van der Waals surface area contributed by atoms with E-state index in [0.717, 1.165) is 17.7 Å². The van der Waals surface area contributed by atoms with E-state index in [9.17, 15) is 4.79 Å². The van der Waals surface area contributed by atoms with Crippen LogP contribution in [-0.4, -0.2) is 24.8 Å². The van der Waals surface area contributed by atoms with Crippen molar-refractivity contribution < 1.29 is 19.4 Å². The minimum absolute atomic E-state index is 0.0188. The molecule has 2 atom stereocenters. The van der Waals surface area contributed by atoms with E-state index in [2.05, 4.69) is 0 Å². The predicted molar refractivity (Wildman–Crippen MR) is 62.0 cm³/mol. The number of carboxylic acid groups (broad SMARTS) is 1. The largest absolute Gasteiger partial charge is 0.497 e. The Balaban J connectivity index is 1.97. The summed E-state index contributed by atoms with van der Waals surface area (Å²) in [5, 5.41) is 8.73. The molecule has 0 amide bonds. The van der Waals surface area contributed by atoms with Crippen molar-refractivity contribution >= 4 is 5.97 Å². The monoisotopic (exact) mass is 236 g/mol. The lowest BCUT2D eigenvalue weighted by atomic mass is 9.98. The fraction of sp³-hybridized carbons (Fsp3) is 0.462. The first kappa shape index (κ1) is 11.9. The second kappa shape index (κ2) is 5.19. The van der Waals surface area contributed by atoms with Crippen molar-refractivity contribution in [1.82, 2.24) is 0 Å². The van der Waals surface area contributed by atoms with Crippen molar-refractivity contribution in [3.8, 4) is 5.75 Å². The Morgan fingerprint density at radius 1 is 1.47 bits per heavy atom. The Morgan fingerprint density at radius 2 is 2.18 bits per heavy atom. The topological polar surface area (TPSA) is 55.8 Å². The zero-order chi connectivity index (χ0) is 12.3. The first-order valence-corrected chi connectivity index (χ1v) is 5.66. The summed E-state index contributed by atoms with van der Waals surface area (Å²) in [5.74, 6) is 0.183. The maximum absolute atomic E-state index is 10.6. The van der Waals surface area contributed by atoms with Crippen LogP contribution in [0.1, 0.15) is 24.5 Å². The van der Waals surface area contributed by atoms with Gasteiger partial charge in [0.05, 0.1) is 26.2 Å². The van der Waals surface area contributed by atoms with Gasteiger partial charge in [0.2, 0.25) is 0 Å². The van der Waals surface area contributed by atoms with E-state index in [-0.39, 0.29) is 18.4 Å². The third kappa shape index (κ3) is 2.97. The lowest BCUT2D eigenvalue weighted by Gasteiger charge is -2.10. The van der Waals surface area contributed by atoms with E-state index in [1.54, 1.807) is 7.11 Å². The molecule has 1 saturated heterocycles. The lowest BCUT2D eigenvalue weighted by Crippen LogP contribution is -2.06. The quantitative estimate of drug-likeness (QED) is 0.871. The van der Waals surface area contributed by atoms with Gasteiger partial charge >= 0.3 is 5.97 Å². The van der Waals surface area contributed by atoms with Crippen LogP contribution in [0.5, 0.6) is 5.75 Å². The predicted octanol–water partition coefficient (Wildman–Crippen LogP) is 2.25. The highest BCUT2D eigenvalue weighted by atomic mass is 16.5. The number of hydrogen-bond acceptors (Lipinski definition) is 3. The summed E-state index contributed by atoms with van der Waals surface area (Å²) in [5.41, 5.74) is 1.08.